The van der Waals surface area contributed by atoms with Crippen molar-refractivity contribution in [2.45, 2.75) is 25.1 Å². The summed E-state index contributed by atoms with van der Waals surface area (Å²) in [6.45, 7) is 2.31. The minimum absolute atomic E-state index is 0.0234. The van der Waals surface area contributed by atoms with Crippen molar-refractivity contribution in [1.29, 1.82) is 0 Å². The predicted molar refractivity (Wildman–Crippen MR) is 99.1 cm³/mol. The van der Waals surface area contributed by atoms with Crippen LogP contribution in [0, 0.1) is 11.8 Å². The third kappa shape index (κ3) is 5.94. The first kappa shape index (κ1) is 23.6. The average molecular weight is 434 g/mol. The SMILES string of the molecule is COc1cc(N2CC[C@H]3OCC[C@@H](C(=O)N(C)C)[C@H]3C2)ncn1.O=C(O)C(F)(F)F. The van der Waals surface area contributed by atoms with Crippen LogP contribution < -0.4 is 9.64 Å². The van der Waals surface area contributed by atoms with Crippen LogP contribution in [0.25, 0.3) is 0 Å². The Morgan fingerprint density at radius 3 is 2.53 bits per heavy atom. The van der Waals surface area contributed by atoms with Crippen LogP contribution in [0.15, 0.2) is 12.4 Å². The molecule has 168 valence electrons. The maximum atomic E-state index is 12.5. The fourth-order valence-corrected chi connectivity index (χ4v) is 3.58. The van der Waals surface area contributed by atoms with E-state index in [9.17, 15) is 18.0 Å². The molecule has 3 atom stereocenters. The van der Waals surface area contributed by atoms with Crippen molar-refractivity contribution in [2.24, 2.45) is 11.8 Å². The molecule has 1 aromatic heterocycles. The van der Waals surface area contributed by atoms with E-state index in [0.29, 0.717) is 12.5 Å². The number of alkyl halides is 3. The largest absolute Gasteiger partial charge is 0.490 e. The van der Waals surface area contributed by atoms with E-state index in [2.05, 4.69) is 14.9 Å². The Kier molecular flexibility index (Phi) is 7.82. The summed E-state index contributed by atoms with van der Waals surface area (Å²) in [6, 6.07) is 1.84. The number of fused-ring (bicyclic) bond motifs is 1. The maximum Gasteiger partial charge on any atom is 0.490 e. The van der Waals surface area contributed by atoms with E-state index in [1.807, 2.05) is 20.2 Å². The van der Waals surface area contributed by atoms with Crippen molar-refractivity contribution < 1.29 is 37.3 Å². The molecule has 2 aliphatic heterocycles. The summed E-state index contributed by atoms with van der Waals surface area (Å²) in [5.74, 6) is -0.934. The Morgan fingerprint density at radius 2 is 1.97 bits per heavy atom. The number of carboxylic acid groups (broad SMARTS) is 1. The van der Waals surface area contributed by atoms with Gasteiger partial charge in [0.05, 0.1) is 13.2 Å². The summed E-state index contributed by atoms with van der Waals surface area (Å²) in [6.07, 6.45) is -1.70. The molecule has 12 heteroatoms. The van der Waals surface area contributed by atoms with Gasteiger partial charge in [-0.2, -0.15) is 13.2 Å². The van der Waals surface area contributed by atoms with Crippen LogP contribution in [0.1, 0.15) is 12.8 Å². The number of anilines is 1. The normalized spacial score (nSPS) is 23.5. The Balaban J connectivity index is 0.000000396. The molecule has 2 fully saturated rings. The van der Waals surface area contributed by atoms with Gasteiger partial charge in [0.1, 0.15) is 12.1 Å². The van der Waals surface area contributed by atoms with Gasteiger partial charge in [-0.15, -0.1) is 0 Å². The molecule has 0 aromatic carbocycles. The van der Waals surface area contributed by atoms with Gasteiger partial charge in [0.2, 0.25) is 11.8 Å². The topological polar surface area (TPSA) is 105 Å². The van der Waals surface area contributed by atoms with Crippen molar-refractivity contribution in [3.63, 3.8) is 0 Å². The van der Waals surface area contributed by atoms with E-state index in [4.69, 9.17) is 19.4 Å². The number of rotatable bonds is 3. The van der Waals surface area contributed by atoms with Crippen LogP contribution in [0.5, 0.6) is 5.88 Å². The molecule has 0 saturated carbocycles. The first-order valence-corrected chi connectivity index (χ1v) is 9.28. The molecule has 1 aromatic rings. The molecule has 1 amide bonds. The van der Waals surface area contributed by atoms with E-state index < -0.39 is 12.1 Å². The number of methoxy groups -OCH3 is 1. The number of aliphatic carboxylic acids is 1. The van der Waals surface area contributed by atoms with Crippen molar-refractivity contribution >= 4 is 17.7 Å². The lowest BCUT2D eigenvalue weighted by atomic mass is 9.78. The monoisotopic (exact) mass is 434 g/mol. The Hall–Kier alpha value is -2.63. The molecule has 0 bridgehead atoms. The highest BCUT2D eigenvalue weighted by Gasteiger charge is 2.42. The number of amides is 1. The van der Waals surface area contributed by atoms with Gasteiger partial charge in [-0.1, -0.05) is 0 Å². The number of carboxylic acids is 1. The Labute approximate surface area is 171 Å². The standard InChI is InChI=1S/C16H24N4O3.C2HF3O2/c1-19(2)16(21)11-5-7-23-13-4-6-20(9-12(11)13)14-8-15(22-3)18-10-17-14;3-2(4,5)1(6)7/h8,10-13H,4-7,9H2,1-3H3;(H,6,7)/t11-,12-,13-;/m1./s1. The van der Waals surface area contributed by atoms with Crippen LogP contribution >= 0.6 is 0 Å². The van der Waals surface area contributed by atoms with Gasteiger partial charge in [-0.05, 0) is 12.8 Å². The molecule has 0 unspecified atom stereocenters. The number of aromatic nitrogens is 2. The van der Waals surface area contributed by atoms with Crippen LogP contribution in [0.4, 0.5) is 19.0 Å². The average Bonchev–Trinajstić information content (AvgIpc) is 2.72. The molecule has 2 aliphatic rings. The van der Waals surface area contributed by atoms with E-state index >= 15 is 0 Å². The smallest absolute Gasteiger partial charge is 0.481 e. The molecule has 9 nitrogen and oxygen atoms in total. The highest BCUT2D eigenvalue weighted by atomic mass is 19.4. The quantitative estimate of drug-likeness (QED) is 0.762. The second-order valence-electron chi connectivity index (χ2n) is 7.16. The fourth-order valence-electron chi connectivity index (χ4n) is 3.58. The molecule has 1 N–H and O–H groups in total. The van der Waals surface area contributed by atoms with Gasteiger partial charge >= 0.3 is 12.1 Å². The van der Waals surface area contributed by atoms with Gasteiger partial charge in [-0.25, -0.2) is 14.8 Å². The third-order valence-electron chi connectivity index (χ3n) is 5.03. The summed E-state index contributed by atoms with van der Waals surface area (Å²) < 4.78 is 42.8. The van der Waals surface area contributed by atoms with Gasteiger partial charge in [0, 0.05) is 51.7 Å². The van der Waals surface area contributed by atoms with Crippen molar-refractivity contribution in [1.82, 2.24) is 14.9 Å². The molecule has 30 heavy (non-hydrogen) atoms. The molecule has 0 spiro atoms. The molecular formula is C18H25F3N4O5. The summed E-state index contributed by atoms with van der Waals surface area (Å²) in [4.78, 5) is 33.7. The Bertz CT molecular complexity index is 747. The van der Waals surface area contributed by atoms with Crippen LogP contribution in [-0.2, 0) is 14.3 Å². The highest BCUT2D eigenvalue weighted by Crippen LogP contribution is 2.35. The summed E-state index contributed by atoms with van der Waals surface area (Å²) in [7, 11) is 5.24. The second-order valence-corrected chi connectivity index (χ2v) is 7.16. The number of hydrogen-bond acceptors (Lipinski definition) is 7. The first-order valence-electron chi connectivity index (χ1n) is 9.28. The van der Waals surface area contributed by atoms with Crippen LogP contribution in [0.2, 0.25) is 0 Å². The van der Waals surface area contributed by atoms with Crippen molar-refractivity contribution in [3.05, 3.63) is 12.4 Å². The number of carbonyl (C=O) groups is 2. The number of ether oxygens (including phenoxy) is 2. The van der Waals surface area contributed by atoms with Crippen LogP contribution in [-0.4, -0.2) is 85.0 Å². The van der Waals surface area contributed by atoms with Gasteiger partial charge in [-0.3, -0.25) is 4.79 Å². The van der Waals surface area contributed by atoms with Crippen LogP contribution in [0.3, 0.4) is 0 Å². The lowest BCUT2D eigenvalue weighted by Crippen LogP contribution is -2.53. The van der Waals surface area contributed by atoms with Gasteiger partial charge in [0.15, 0.2) is 0 Å². The zero-order valence-corrected chi connectivity index (χ0v) is 16.9. The van der Waals surface area contributed by atoms with Gasteiger partial charge < -0.3 is 24.4 Å². The number of hydrogen-bond donors (Lipinski definition) is 1. The second kappa shape index (κ2) is 9.92. The third-order valence-corrected chi connectivity index (χ3v) is 5.03. The highest BCUT2D eigenvalue weighted by molar-refractivity contribution is 5.79. The molecule has 0 radical (unpaired) electrons. The molecule has 3 heterocycles. The summed E-state index contributed by atoms with van der Waals surface area (Å²) >= 11 is 0. The molecular weight excluding hydrogens is 409 g/mol. The van der Waals surface area contributed by atoms with E-state index in [-0.39, 0.29) is 23.8 Å². The zero-order valence-electron chi connectivity index (χ0n) is 16.9. The van der Waals surface area contributed by atoms with Crippen molar-refractivity contribution in [2.75, 3.05) is 45.8 Å². The molecule has 0 aliphatic carbocycles. The van der Waals surface area contributed by atoms with E-state index in [1.165, 1.54) is 6.33 Å². The number of piperidine rings is 1. The number of halogens is 3. The van der Waals surface area contributed by atoms with Gasteiger partial charge in [0.25, 0.3) is 0 Å². The lowest BCUT2D eigenvalue weighted by Gasteiger charge is -2.45. The summed E-state index contributed by atoms with van der Waals surface area (Å²) in [5.41, 5.74) is 0. The summed E-state index contributed by atoms with van der Waals surface area (Å²) in [5, 5.41) is 7.12. The fraction of sp³-hybridized carbons (Fsp3) is 0.667. The van der Waals surface area contributed by atoms with E-state index in [0.717, 1.165) is 31.7 Å². The molecule has 3 rings (SSSR count). The molecule has 2 saturated heterocycles. The van der Waals surface area contributed by atoms with Crippen molar-refractivity contribution in [3.8, 4) is 5.88 Å². The number of carbonyl (C=O) groups excluding carboxylic acids is 1. The predicted octanol–water partition coefficient (Wildman–Crippen LogP) is 1.44. The number of nitrogens with zero attached hydrogens (tertiary/aromatic N) is 4. The van der Waals surface area contributed by atoms with E-state index in [1.54, 1.807) is 12.0 Å². The lowest BCUT2D eigenvalue weighted by molar-refractivity contribution is -0.192. The minimum Gasteiger partial charge on any atom is -0.481 e. The minimum atomic E-state index is -5.08. The Morgan fingerprint density at radius 1 is 1.30 bits per heavy atom. The maximum absolute atomic E-state index is 12.5. The first-order chi connectivity index (χ1) is 14.0. The zero-order chi connectivity index (χ0) is 22.5.